The maximum atomic E-state index is 12.8. The minimum atomic E-state index is -0.152. The zero-order chi connectivity index (χ0) is 15.5. The summed E-state index contributed by atoms with van der Waals surface area (Å²) in [7, 11) is 0. The Labute approximate surface area is 129 Å². The van der Waals surface area contributed by atoms with Gasteiger partial charge in [0.2, 0.25) is 0 Å². The molecule has 1 atom stereocenters. The number of piperidine rings is 1. The van der Waals surface area contributed by atoms with Crippen molar-refractivity contribution in [3.05, 3.63) is 41.5 Å². The number of phenolic OH excluding ortho intramolecular Hbond substituents is 1. The summed E-state index contributed by atoms with van der Waals surface area (Å²) < 4.78 is 0. The second-order valence-corrected chi connectivity index (χ2v) is 5.59. The van der Waals surface area contributed by atoms with E-state index in [9.17, 15) is 9.90 Å². The maximum absolute atomic E-state index is 12.8. The Hall–Kier alpha value is -2.37. The summed E-state index contributed by atoms with van der Waals surface area (Å²) in [6.45, 7) is 2.68. The van der Waals surface area contributed by atoms with Crippen molar-refractivity contribution in [1.29, 1.82) is 0 Å². The molecule has 1 aliphatic rings. The molecular weight excluding hydrogens is 280 g/mol. The average molecular weight is 300 g/mol. The van der Waals surface area contributed by atoms with Crippen LogP contribution in [0.25, 0.3) is 0 Å². The van der Waals surface area contributed by atoms with Gasteiger partial charge >= 0.3 is 0 Å². The first kappa shape index (κ1) is 14.6. The van der Waals surface area contributed by atoms with E-state index in [1.54, 1.807) is 17.0 Å². The molecular formula is C16H20N4O2. The number of carbonyl (C=O) groups excluding carboxylic acids is 1. The normalized spacial score (nSPS) is 18.4. The molecule has 116 valence electrons. The summed E-state index contributed by atoms with van der Waals surface area (Å²) in [5.74, 6) is 0.602. The summed E-state index contributed by atoms with van der Waals surface area (Å²) in [4.78, 5) is 18.8. The number of carbonyl (C=O) groups is 1. The number of phenols is 1. The number of nitrogens with one attached hydrogen (secondary N) is 1. The summed E-state index contributed by atoms with van der Waals surface area (Å²) in [6.07, 6.45) is 5.15. The molecule has 1 unspecified atom stereocenters. The van der Waals surface area contributed by atoms with Gasteiger partial charge in [-0.15, -0.1) is 0 Å². The third kappa shape index (κ3) is 2.68. The lowest BCUT2D eigenvalue weighted by Gasteiger charge is -2.34. The maximum Gasteiger partial charge on any atom is 0.258 e. The van der Waals surface area contributed by atoms with E-state index >= 15 is 0 Å². The highest BCUT2D eigenvalue weighted by molar-refractivity contribution is 5.97. The highest BCUT2D eigenvalue weighted by Crippen LogP contribution is 2.31. The van der Waals surface area contributed by atoms with E-state index < -0.39 is 0 Å². The van der Waals surface area contributed by atoms with E-state index in [4.69, 9.17) is 0 Å². The van der Waals surface area contributed by atoms with Gasteiger partial charge in [0.15, 0.2) is 0 Å². The predicted octanol–water partition coefficient (Wildman–Crippen LogP) is 2.44. The number of aromatic amines is 1. The molecule has 6 nitrogen and oxygen atoms in total. The Bertz CT molecular complexity index is 654. The van der Waals surface area contributed by atoms with Crippen molar-refractivity contribution in [2.24, 2.45) is 0 Å². The van der Waals surface area contributed by atoms with Crippen molar-refractivity contribution >= 4 is 5.91 Å². The van der Waals surface area contributed by atoms with E-state index in [0.717, 1.165) is 31.2 Å². The summed E-state index contributed by atoms with van der Waals surface area (Å²) in [5, 5.41) is 16.9. The van der Waals surface area contributed by atoms with Crippen LogP contribution in [0.1, 0.15) is 54.0 Å². The summed E-state index contributed by atoms with van der Waals surface area (Å²) in [5.41, 5.74) is 1.36. The lowest BCUT2D eigenvalue weighted by molar-refractivity contribution is 0.0597. The highest BCUT2D eigenvalue weighted by Gasteiger charge is 2.31. The largest absolute Gasteiger partial charge is 0.507 e. The monoisotopic (exact) mass is 300 g/mol. The van der Waals surface area contributed by atoms with Crippen LogP contribution >= 0.6 is 0 Å². The van der Waals surface area contributed by atoms with Crippen LogP contribution < -0.4 is 0 Å². The fourth-order valence-corrected chi connectivity index (χ4v) is 2.97. The lowest BCUT2D eigenvalue weighted by atomic mass is 9.99. The number of amides is 1. The Morgan fingerprint density at radius 2 is 2.32 bits per heavy atom. The molecule has 3 rings (SSSR count). The molecule has 0 saturated carbocycles. The first-order chi connectivity index (χ1) is 10.7. The highest BCUT2D eigenvalue weighted by atomic mass is 16.3. The number of rotatable bonds is 3. The molecule has 1 aromatic heterocycles. The van der Waals surface area contributed by atoms with Crippen molar-refractivity contribution in [3.63, 3.8) is 0 Å². The number of aromatic hydroxyl groups is 1. The van der Waals surface area contributed by atoms with Gasteiger partial charge < -0.3 is 10.0 Å². The quantitative estimate of drug-likeness (QED) is 0.912. The van der Waals surface area contributed by atoms with Crippen LogP contribution in [0.4, 0.5) is 0 Å². The van der Waals surface area contributed by atoms with Crippen molar-refractivity contribution in [2.75, 3.05) is 6.54 Å². The summed E-state index contributed by atoms with van der Waals surface area (Å²) >= 11 is 0. The van der Waals surface area contributed by atoms with Crippen LogP contribution in [-0.4, -0.2) is 37.6 Å². The van der Waals surface area contributed by atoms with Crippen LogP contribution in [0.3, 0.4) is 0 Å². The van der Waals surface area contributed by atoms with Gasteiger partial charge in [0.25, 0.3) is 5.91 Å². The third-order valence-electron chi connectivity index (χ3n) is 4.21. The van der Waals surface area contributed by atoms with E-state index in [0.29, 0.717) is 17.9 Å². The number of aryl methyl sites for hydroxylation is 1. The first-order valence-electron chi connectivity index (χ1n) is 7.68. The Kier molecular flexibility index (Phi) is 4.09. The van der Waals surface area contributed by atoms with Crippen LogP contribution in [0.15, 0.2) is 24.5 Å². The first-order valence-corrected chi connectivity index (χ1v) is 7.68. The van der Waals surface area contributed by atoms with Crippen molar-refractivity contribution in [2.45, 2.75) is 38.6 Å². The molecule has 1 amide bonds. The number of hydrogen-bond donors (Lipinski definition) is 2. The van der Waals surface area contributed by atoms with Gasteiger partial charge in [0.05, 0.1) is 11.6 Å². The fraction of sp³-hybridized carbons (Fsp3) is 0.438. The van der Waals surface area contributed by atoms with Crippen molar-refractivity contribution < 1.29 is 9.90 Å². The second-order valence-electron chi connectivity index (χ2n) is 5.59. The Balaban J connectivity index is 1.89. The Morgan fingerprint density at radius 1 is 1.45 bits per heavy atom. The van der Waals surface area contributed by atoms with Gasteiger partial charge in [-0.05, 0) is 43.4 Å². The zero-order valence-electron chi connectivity index (χ0n) is 12.6. The van der Waals surface area contributed by atoms with Gasteiger partial charge in [0, 0.05) is 6.54 Å². The molecule has 6 heteroatoms. The van der Waals surface area contributed by atoms with Gasteiger partial charge in [-0.3, -0.25) is 9.89 Å². The standard InChI is InChI=1S/C16H20N4O2/c1-2-11-6-7-12(14(21)9-11)16(22)20-8-4-3-5-13(20)15-17-10-18-19-15/h6-7,9-10,13,21H,2-5,8H2,1H3,(H,17,18,19). The SMILES string of the molecule is CCc1ccc(C(=O)N2CCCCC2c2ncn[nH]2)c(O)c1. The molecule has 2 heterocycles. The average Bonchev–Trinajstić information content (AvgIpc) is 3.08. The van der Waals surface area contributed by atoms with E-state index in [-0.39, 0.29) is 17.7 Å². The van der Waals surface area contributed by atoms with Gasteiger partial charge in [-0.1, -0.05) is 13.0 Å². The molecule has 0 bridgehead atoms. The number of hydrogen-bond acceptors (Lipinski definition) is 4. The molecule has 2 N–H and O–H groups in total. The van der Waals surface area contributed by atoms with E-state index in [1.165, 1.54) is 6.33 Å². The topological polar surface area (TPSA) is 82.1 Å². The molecule has 1 saturated heterocycles. The van der Waals surface area contributed by atoms with E-state index in [1.807, 2.05) is 13.0 Å². The molecule has 0 aliphatic carbocycles. The third-order valence-corrected chi connectivity index (χ3v) is 4.21. The number of benzene rings is 1. The molecule has 0 radical (unpaired) electrons. The molecule has 2 aromatic rings. The van der Waals surface area contributed by atoms with Gasteiger partial charge in [-0.2, -0.15) is 5.10 Å². The molecule has 1 aromatic carbocycles. The minimum absolute atomic E-state index is 0.0474. The number of nitrogens with zero attached hydrogens (tertiary/aromatic N) is 3. The Morgan fingerprint density at radius 3 is 3.00 bits per heavy atom. The lowest BCUT2D eigenvalue weighted by Crippen LogP contribution is -2.39. The molecule has 22 heavy (non-hydrogen) atoms. The van der Waals surface area contributed by atoms with Crippen LogP contribution in [-0.2, 0) is 6.42 Å². The number of aromatic nitrogens is 3. The predicted molar refractivity (Wildman–Crippen MR) is 81.5 cm³/mol. The van der Waals surface area contributed by atoms with E-state index in [2.05, 4.69) is 15.2 Å². The summed E-state index contributed by atoms with van der Waals surface area (Å²) in [6, 6.07) is 5.16. The fourth-order valence-electron chi connectivity index (χ4n) is 2.97. The van der Waals surface area contributed by atoms with Crippen molar-refractivity contribution in [1.82, 2.24) is 20.1 Å². The van der Waals surface area contributed by atoms with Crippen LogP contribution in [0.2, 0.25) is 0 Å². The smallest absolute Gasteiger partial charge is 0.258 e. The molecule has 1 fully saturated rings. The number of likely N-dealkylation sites (tertiary alicyclic amines) is 1. The molecule has 0 spiro atoms. The minimum Gasteiger partial charge on any atom is -0.507 e. The van der Waals surface area contributed by atoms with Crippen LogP contribution in [0.5, 0.6) is 5.75 Å². The van der Waals surface area contributed by atoms with Crippen molar-refractivity contribution in [3.8, 4) is 5.75 Å². The van der Waals surface area contributed by atoms with Crippen LogP contribution in [0, 0.1) is 0 Å². The van der Waals surface area contributed by atoms with Gasteiger partial charge in [-0.25, -0.2) is 4.98 Å². The second kappa shape index (κ2) is 6.17. The number of H-pyrrole nitrogens is 1. The molecule has 1 aliphatic heterocycles. The zero-order valence-corrected chi connectivity index (χ0v) is 12.6. The van der Waals surface area contributed by atoms with Gasteiger partial charge in [0.1, 0.15) is 17.9 Å².